The molecule has 4 aromatic rings. The second kappa shape index (κ2) is 8.76. The van der Waals surface area contributed by atoms with Crippen molar-refractivity contribution in [3.8, 4) is 33.8 Å². The van der Waals surface area contributed by atoms with E-state index in [2.05, 4.69) is 24.3 Å². The fourth-order valence-electron chi connectivity index (χ4n) is 4.69. The molecule has 2 nitrogen and oxygen atoms in total. The number of benzene rings is 4. The summed E-state index contributed by atoms with van der Waals surface area (Å²) in [5, 5.41) is 21.3. The molecule has 1 aliphatic rings. The van der Waals surface area contributed by atoms with Crippen molar-refractivity contribution in [2.24, 2.45) is 0 Å². The highest BCUT2D eigenvalue weighted by atomic mass is 32.2. The van der Waals surface area contributed by atoms with Crippen LogP contribution < -0.4 is 0 Å². The largest absolute Gasteiger partial charge is 0.507 e. The van der Waals surface area contributed by atoms with E-state index in [-0.39, 0.29) is 4.75 Å². The predicted molar refractivity (Wildman–Crippen MR) is 134 cm³/mol. The molecular formula is C29H26O2S. The molecule has 0 bridgehead atoms. The topological polar surface area (TPSA) is 40.5 Å². The van der Waals surface area contributed by atoms with Gasteiger partial charge in [0.25, 0.3) is 0 Å². The molecule has 1 heterocycles. The zero-order valence-corrected chi connectivity index (χ0v) is 18.7. The Morgan fingerprint density at radius 3 is 1.53 bits per heavy atom. The van der Waals surface area contributed by atoms with Crippen LogP contribution in [0.15, 0.2) is 97.1 Å². The van der Waals surface area contributed by atoms with E-state index in [1.807, 2.05) is 84.6 Å². The van der Waals surface area contributed by atoms with Gasteiger partial charge in [-0.25, -0.2) is 0 Å². The van der Waals surface area contributed by atoms with Gasteiger partial charge in [0.1, 0.15) is 11.5 Å². The van der Waals surface area contributed by atoms with E-state index >= 15 is 0 Å². The van der Waals surface area contributed by atoms with Crippen LogP contribution in [-0.2, 0) is 4.75 Å². The number of thioether (sulfide) groups is 1. The Bertz CT molecular complexity index is 1120. The molecule has 0 amide bonds. The lowest BCUT2D eigenvalue weighted by Crippen LogP contribution is -2.27. The lowest BCUT2D eigenvalue weighted by molar-refractivity contribution is 0.476. The highest BCUT2D eigenvalue weighted by Crippen LogP contribution is 2.52. The first-order valence-corrected chi connectivity index (χ1v) is 12.1. The van der Waals surface area contributed by atoms with E-state index in [0.29, 0.717) is 11.5 Å². The van der Waals surface area contributed by atoms with E-state index in [9.17, 15) is 10.2 Å². The smallest absolute Gasteiger partial charge is 0.123 e. The quantitative estimate of drug-likeness (QED) is 0.345. The third-order valence-corrected chi connectivity index (χ3v) is 8.03. The van der Waals surface area contributed by atoms with Crippen LogP contribution in [-0.4, -0.2) is 16.0 Å². The lowest BCUT2D eigenvalue weighted by atomic mass is 9.83. The first-order valence-electron chi connectivity index (χ1n) is 11.1. The van der Waals surface area contributed by atoms with Gasteiger partial charge in [0.15, 0.2) is 0 Å². The maximum Gasteiger partial charge on any atom is 0.123 e. The van der Waals surface area contributed by atoms with Crippen molar-refractivity contribution >= 4 is 11.8 Å². The van der Waals surface area contributed by atoms with Crippen LogP contribution in [0.3, 0.4) is 0 Å². The van der Waals surface area contributed by atoms with Crippen molar-refractivity contribution in [1.29, 1.82) is 0 Å². The Morgan fingerprint density at radius 2 is 1.09 bits per heavy atom. The van der Waals surface area contributed by atoms with E-state index < -0.39 is 0 Å². The van der Waals surface area contributed by atoms with Crippen molar-refractivity contribution in [3.63, 3.8) is 0 Å². The number of hydrogen-bond donors (Lipinski definition) is 2. The summed E-state index contributed by atoms with van der Waals surface area (Å²) in [5.74, 6) is 1.68. The average Bonchev–Trinajstić information content (AvgIpc) is 2.86. The minimum Gasteiger partial charge on any atom is -0.507 e. The van der Waals surface area contributed by atoms with Gasteiger partial charge in [-0.05, 0) is 65.1 Å². The van der Waals surface area contributed by atoms with Crippen molar-refractivity contribution in [1.82, 2.24) is 0 Å². The zero-order chi connectivity index (χ0) is 22.0. The van der Waals surface area contributed by atoms with Crippen LogP contribution in [0, 0.1) is 0 Å². The van der Waals surface area contributed by atoms with Gasteiger partial charge in [0, 0.05) is 11.1 Å². The first-order chi connectivity index (χ1) is 15.7. The summed E-state index contributed by atoms with van der Waals surface area (Å²) >= 11 is 1.97. The summed E-state index contributed by atoms with van der Waals surface area (Å²) in [5.41, 5.74) is 6.13. The number of rotatable bonds is 4. The normalized spacial score (nSPS) is 15.4. The average molecular weight is 439 g/mol. The Hall–Kier alpha value is -3.17. The first kappa shape index (κ1) is 20.7. The summed E-state index contributed by atoms with van der Waals surface area (Å²) < 4.78 is -0.216. The Balaban J connectivity index is 1.67. The number of aromatic hydroxyl groups is 2. The van der Waals surface area contributed by atoms with Crippen molar-refractivity contribution in [2.45, 2.75) is 24.0 Å². The molecule has 0 saturated carbocycles. The molecule has 4 aromatic carbocycles. The Labute approximate surface area is 193 Å². The molecule has 0 spiro atoms. The van der Waals surface area contributed by atoms with E-state index in [0.717, 1.165) is 40.8 Å². The molecule has 0 unspecified atom stereocenters. The van der Waals surface area contributed by atoms with E-state index in [1.54, 1.807) is 0 Å². The van der Waals surface area contributed by atoms with Gasteiger partial charge in [0.2, 0.25) is 0 Å². The Kier molecular flexibility index (Phi) is 5.67. The Morgan fingerprint density at radius 1 is 0.594 bits per heavy atom. The summed E-state index contributed by atoms with van der Waals surface area (Å²) in [6, 6.07) is 32.2. The predicted octanol–water partition coefficient (Wildman–Crippen LogP) is 7.59. The number of phenols is 2. The van der Waals surface area contributed by atoms with Crippen LogP contribution >= 0.6 is 11.8 Å². The van der Waals surface area contributed by atoms with Gasteiger partial charge in [-0.15, -0.1) is 11.8 Å². The monoisotopic (exact) mass is 438 g/mol. The molecule has 5 rings (SSSR count). The second-order valence-electron chi connectivity index (χ2n) is 8.33. The van der Waals surface area contributed by atoms with Crippen LogP contribution in [0.2, 0.25) is 0 Å². The maximum atomic E-state index is 10.6. The van der Waals surface area contributed by atoms with Gasteiger partial charge in [-0.1, -0.05) is 79.2 Å². The van der Waals surface area contributed by atoms with Gasteiger partial charge in [0.05, 0.1) is 4.75 Å². The van der Waals surface area contributed by atoms with E-state index in [1.165, 1.54) is 17.5 Å². The molecule has 160 valence electrons. The van der Waals surface area contributed by atoms with Gasteiger partial charge < -0.3 is 10.2 Å². The molecule has 32 heavy (non-hydrogen) atoms. The molecule has 1 saturated heterocycles. The summed E-state index contributed by atoms with van der Waals surface area (Å²) in [6.07, 6.45) is 3.38. The second-order valence-corrected chi connectivity index (χ2v) is 9.72. The van der Waals surface area contributed by atoms with Crippen LogP contribution in [0.4, 0.5) is 0 Å². The lowest BCUT2D eigenvalue weighted by Gasteiger charge is -2.38. The van der Waals surface area contributed by atoms with Crippen LogP contribution in [0.25, 0.3) is 22.3 Å². The van der Waals surface area contributed by atoms with Crippen molar-refractivity contribution in [2.75, 3.05) is 5.75 Å². The molecule has 0 atom stereocenters. The fourth-order valence-corrected chi connectivity index (χ4v) is 6.26. The molecule has 0 radical (unpaired) electrons. The highest BCUT2D eigenvalue weighted by Gasteiger charge is 2.37. The highest BCUT2D eigenvalue weighted by molar-refractivity contribution is 8.00. The van der Waals surface area contributed by atoms with Gasteiger partial charge in [-0.3, -0.25) is 0 Å². The van der Waals surface area contributed by atoms with Crippen molar-refractivity contribution in [3.05, 3.63) is 108 Å². The van der Waals surface area contributed by atoms with E-state index in [4.69, 9.17) is 0 Å². The fraction of sp³-hybridized carbons (Fsp3) is 0.172. The third kappa shape index (κ3) is 3.78. The molecule has 0 aromatic heterocycles. The molecule has 0 aliphatic carbocycles. The van der Waals surface area contributed by atoms with Gasteiger partial charge >= 0.3 is 0 Å². The molecular weight excluding hydrogens is 412 g/mol. The summed E-state index contributed by atoms with van der Waals surface area (Å²) in [4.78, 5) is 0. The van der Waals surface area contributed by atoms with Gasteiger partial charge in [-0.2, -0.15) is 0 Å². The van der Waals surface area contributed by atoms with Crippen LogP contribution in [0.1, 0.15) is 30.4 Å². The van der Waals surface area contributed by atoms with Crippen molar-refractivity contribution < 1.29 is 10.2 Å². The SMILES string of the molecule is Oc1ccc(C2(c3ccc(O)c(-c4ccccc4)c3)CCCCS2)cc1-c1ccccc1. The molecule has 3 heteroatoms. The molecule has 1 aliphatic heterocycles. The zero-order valence-electron chi connectivity index (χ0n) is 17.9. The molecule has 1 fully saturated rings. The summed E-state index contributed by atoms with van der Waals surface area (Å²) in [7, 11) is 0. The number of hydrogen-bond acceptors (Lipinski definition) is 3. The number of phenolic OH excluding ortho intramolecular Hbond substituents is 2. The standard InChI is InChI=1S/C29H26O2S/c30-27-15-13-23(19-25(27)21-9-3-1-4-10-21)29(17-7-8-18-32-29)24-14-16-28(31)26(20-24)22-11-5-2-6-12-22/h1-6,9-16,19-20,30-31H,7-8,17-18H2. The minimum absolute atomic E-state index is 0.216. The van der Waals surface area contributed by atoms with Crippen LogP contribution in [0.5, 0.6) is 11.5 Å². The minimum atomic E-state index is -0.216. The molecule has 2 N–H and O–H groups in total. The third-order valence-electron chi connectivity index (χ3n) is 6.37. The summed E-state index contributed by atoms with van der Waals surface area (Å²) in [6.45, 7) is 0. The maximum absolute atomic E-state index is 10.6.